The van der Waals surface area contributed by atoms with Crippen molar-refractivity contribution in [2.45, 2.75) is 19.8 Å². The summed E-state index contributed by atoms with van der Waals surface area (Å²) < 4.78 is 0. The average molecular weight is 329 g/mol. The highest BCUT2D eigenvalue weighted by Gasteiger charge is 2.07. The molecule has 0 fully saturated rings. The van der Waals surface area contributed by atoms with Gasteiger partial charge in [-0.2, -0.15) is 0 Å². The lowest BCUT2D eigenvalue weighted by molar-refractivity contribution is -0.120. The second kappa shape index (κ2) is 7.07. The first-order chi connectivity index (χ1) is 9.54. The Bertz CT molecular complexity index is 613. The van der Waals surface area contributed by atoms with Crippen molar-refractivity contribution in [3.8, 4) is 0 Å². The molecule has 0 atom stereocenters. The Balaban J connectivity index is 1.80. The van der Waals surface area contributed by atoms with Gasteiger partial charge in [-0.3, -0.25) is 4.79 Å². The van der Waals surface area contributed by atoms with Crippen molar-refractivity contribution < 1.29 is 4.79 Å². The van der Waals surface area contributed by atoms with E-state index in [-0.39, 0.29) is 12.3 Å². The molecule has 0 saturated heterocycles. The number of hydrogen-bond donors (Lipinski definition) is 1. The molecule has 1 N–H and O–H groups in total. The minimum atomic E-state index is -0.0545. The van der Waals surface area contributed by atoms with E-state index in [0.717, 1.165) is 22.7 Å². The average Bonchev–Trinajstić information content (AvgIpc) is 2.79. The van der Waals surface area contributed by atoms with Gasteiger partial charge in [0.15, 0.2) is 0 Å². The standard InChI is InChI=1S/C14H14Cl2N2OS/c1-9-18-12(8-20-9)4-5-17-14(19)6-10-2-3-11(15)7-13(10)16/h2-3,7-8H,4-6H2,1H3,(H,17,19). The van der Waals surface area contributed by atoms with Crippen LogP contribution in [-0.2, 0) is 17.6 Å². The molecule has 1 aromatic heterocycles. The number of nitrogens with zero attached hydrogens (tertiary/aromatic N) is 1. The summed E-state index contributed by atoms with van der Waals surface area (Å²) in [4.78, 5) is 16.2. The van der Waals surface area contributed by atoms with Crippen molar-refractivity contribution in [3.05, 3.63) is 49.9 Å². The lowest BCUT2D eigenvalue weighted by atomic mass is 10.1. The molecule has 1 amide bonds. The molecule has 0 radical (unpaired) electrons. The molecule has 6 heteroatoms. The van der Waals surface area contributed by atoms with E-state index in [9.17, 15) is 4.79 Å². The maximum atomic E-state index is 11.8. The van der Waals surface area contributed by atoms with Crippen molar-refractivity contribution in [3.63, 3.8) is 0 Å². The summed E-state index contributed by atoms with van der Waals surface area (Å²) in [6.07, 6.45) is 0.997. The van der Waals surface area contributed by atoms with Crippen molar-refractivity contribution in [2.24, 2.45) is 0 Å². The minimum absolute atomic E-state index is 0.0545. The Morgan fingerprint density at radius 2 is 2.20 bits per heavy atom. The zero-order chi connectivity index (χ0) is 14.5. The molecule has 20 heavy (non-hydrogen) atoms. The highest BCUT2D eigenvalue weighted by molar-refractivity contribution is 7.09. The van der Waals surface area contributed by atoms with Crippen LogP contribution in [0.1, 0.15) is 16.3 Å². The van der Waals surface area contributed by atoms with Crippen LogP contribution < -0.4 is 5.32 Å². The zero-order valence-corrected chi connectivity index (χ0v) is 13.3. The topological polar surface area (TPSA) is 42.0 Å². The fourth-order valence-corrected chi connectivity index (χ4v) is 2.88. The maximum absolute atomic E-state index is 11.8. The van der Waals surface area contributed by atoms with Gasteiger partial charge in [0, 0.05) is 28.4 Å². The van der Waals surface area contributed by atoms with E-state index in [1.165, 1.54) is 0 Å². The quantitative estimate of drug-likeness (QED) is 0.910. The molecular formula is C14H14Cl2N2OS. The van der Waals surface area contributed by atoms with Gasteiger partial charge in [0.1, 0.15) is 0 Å². The molecule has 2 aromatic rings. The molecule has 0 bridgehead atoms. The van der Waals surface area contributed by atoms with Crippen molar-refractivity contribution in [1.82, 2.24) is 10.3 Å². The fourth-order valence-electron chi connectivity index (χ4n) is 1.75. The predicted molar refractivity (Wildman–Crippen MR) is 83.7 cm³/mol. The molecule has 1 aromatic carbocycles. The van der Waals surface area contributed by atoms with E-state index in [4.69, 9.17) is 23.2 Å². The molecule has 0 unspecified atom stereocenters. The normalized spacial score (nSPS) is 10.6. The monoisotopic (exact) mass is 328 g/mol. The Kier molecular flexibility index (Phi) is 5.40. The van der Waals surface area contributed by atoms with Crippen LogP contribution in [0.5, 0.6) is 0 Å². The number of rotatable bonds is 5. The number of nitrogens with one attached hydrogen (secondary N) is 1. The highest BCUT2D eigenvalue weighted by Crippen LogP contribution is 2.21. The number of benzene rings is 1. The summed E-state index contributed by atoms with van der Waals surface area (Å²) in [5.41, 5.74) is 1.79. The number of halogens is 2. The second-order valence-corrected chi connectivity index (χ2v) is 6.28. The first kappa shape index (κ1) is 15.3. The number of thiazole rings is 1. The minimum Gasteiger partial charge on any atom is -0.355 e. The smallest absolute Gasteiger partial charge is 0.224 e. The highest BCUT2D eigenvalue weighted by atomic mass is 35.5. The van der Waals surface area contributed by atoms with Crippen molar-refractivity contribution in [2.75, 3.05) is 6.54 Å². The van der Waals surface area contributed by atoms with Gasteiger partial charge in [0.2, 0.25) is 5.91 Å². The summed E-state index contributed by atoms with van der Waals surface area (Å²) in [5, 5.41) is 7.00. The van der Waals surface area contributed by atoms with Gasteiger partial charge in [-0.05, 0) is 24.6 Å². The number of amides is 1. The molecule has 0 aliphatic rings. The van der Waals surface area contributed by atoms with E-state index >= 15 is 0 Å². The van der Waals surface area contributed by atoms with E-state index in [1.54, 1.807) is 29.5 Å². The first-order valence-corrected chi connectivity index (χ1v) is 7.80. The van der Waals surface area contributed by atoms with Crippen molar-refractivity contribution in [1.29, 1.82) is 0 Å². The number of aromatic nitrogens is 1. The molecule has 0 spiro atoms. The van der Waals surface area contributed by atoms with Gasteiger partial charge < -0.3 is 5.32 Å². The van der Waals surface area contributed by atoms with Gasteiger partial charge in [0.05, 0.1) is 17.1 Å². The number of carbonyl (C=O) groups excluding carboxylic acids is 1. The van der Waals surface area contributed by atoms with Gasteiger partial charge in [-0.25, -0.2) is 4.98 Å². The summed E-state index contributed by atoms with van der Waals surface area (Å²) in [6, 6.07) is 5.14. The second-order valence-electron chi connectivity index (χ2n) is 4.37. The third-order valence-corrected chi connectivity index (χ3v) is 4.15. The summed E-state index contributed by atoms with van der Waals surface area (Å²) >= 11 is 13.5. The van der Waals surface area contributed by atoms with Crippen LogP contribution in [0.3, 0.4) is 0 Å². The Hall–Kier alpha value is -1.10. The zero-order valence-electron chi connectivity index (χ0n) is 11.0. The van der Waals surface area contributed by atoms with Crippen LogP contribution in [0.25, 0.3) is 0 Å². The molecule has 106 valence electrons. The van der Waals surface area contributed by atoms with Gasteiger partial charge >= 0.3 is 0 Å². The Morgan fingerprint density at radius 3 is 2.85 bits per heavy atom. The third kappa shape index (κ3) is 4.47. The largest absolute Gasteiger partial charge is 0.355 e. The van der Waals surface area contributed by atoms with E-state index in [2.05, 4.69) is 10.3 Å². The molecule has 3 nitrogen and oxygen atoms in total. The van der Waals surface area contributed by atoms with Gasteiger partial charge in [0.25, 0.3) is 0 Å². The van der Waals surface area contributed by atoms with E-state index in [0.29, 0.717) is 16.6 Å². The number of aryl methyl sites for hydroxylation is 1. The van der Waals surface area contributed by atoms with Crippen LogP contribution in [0.15, 0.2) is 23.6 Å². The van der Waals surface area contributed by atoms with Crippen LogP contribution >= 0.6 is 34.5 Å². The third-order valence-electron chi connectivity index (χ3n) is 2.74. The van der Waals surface area contributed by atoms with Gasteiger partial charge in [-0.1, -0.05) is 29.3 Å². The Labute approximate surface area is 131 Å². The Morgan fingerprint density at radius 1 is 1.40 bits per heavy atom. The molecule has 2 rings (SSSR count). The maximum Gasteiger partial charge on any atom is 0.224 e. The molecule has 0 aliphatic carbocycles. The molecule has 0 saturated carbocycles. The van der Waals surface area contributed by atoms with E-state index < -0.39 is 0 Å². The molecule has 1 heterocycles. The van der Waals surface area contributed by atoms with E-state index in [1.807, 2.05) is 12.3 Å². The van der Waals surface area contributed by atoms with Gasteiger partial charge in [-0.15, -0.1) is 11.3 Å². The predicted octanol–water partition coefficient (Wildman–Crippen LogP) is 3.66. The molecular weight excluding hydrogens is 315 g/mol. The lowest BCUT2D eigenvalue weighted by Gasteiger charge is -2.06. The summed E-state index contributed by atoms with van der Waals surface area (Å²) in [7, 11) is 0. The summed E-state index contributed by atoms with van der Waals surface area (Å²) in [6.45, 7) is 2.54. The van der Waals surface area contributed by atoms with Crippen molar-refractivity contribution >= 4 is 40.4 Å². The SMILES string of the molecule is Cc1nc(CCNC(=O)Cc2ccc(Cl)cc2Cl)cs1. The lowest BCUT2D eigenvalue weighted by Crippen LogP contribution is -2.27. The fraction of sp³-hybridized carbons (Fsp3) is 0.286. The van der Waals surface area contributed by atoms with Crippen LogP contribution in [0.2, 0.25) is 10.0 Å². The number of carbonyl (C=O) groups is 1. The number of hydrogen-bond acceptors (Lipinski definition) is 3. The van der Waals surface area contributed by atoms with Crippen LogP contribution in [0.4, 0.5) is 0 Å². The summed E-state index contributed by atoms with van der Waals surface area (Å²) in [5.74, 6) is -0.0545. The molecule has 0 aliphatic heterocycles. The van der Waals surface area contributed by atoms with Crippen LogP contribution in [-0.4, -0.2) is 17.4 Å². The van der Waals surface area contributed by atoms with Crippen LogP contribution in [0, 0.1) is 6.92 Å². The first-order valence-electron chi connectivity index (χ1n) is 6.16.